The zero-order valence-corrected chi connectivity index (χ0v) is 13.7. The molecule has 9 heteroatoms. The lowest BCUT2D eigenvalue weighted by atomic mass is 10.1. The zero-order valence-electron chi connectivity index (χ0n) is 13.7. The predicted octanol–water partition coefficient (Wildman–Crippen LogP) is 2.25. The molecule has 1 N–H and O–H groups in total. The molecule has 1 saturated heterocycles. The van der Waals surface area contributed by atoms with E-state index in [0.717, 1.165) is 0 Å². The van der Waals surface area contributed by atoms with E-state index < -0.39 is 30.6 Å². The highest BCUT2D eigenvalue weighted by molar-refractivity contribution is 5.80. The van der Waals surface area contributed by atoms with Gasteiger partial charge in [-0.1, -0.05) is 6.07 Å². The zero-order chi connectivity index (χ0) is 18.4. The van der Waals surface area contributed by atoms with Gasteiger partial charge in [-0.3, -0.25) is 4.79 Å². The Balaban J connectivity index is 1.86. The SMILES string of the molecule is CC(OCC(F)(F)F)C(=O)NCc1ccc(N2CCOCC2)c(F)c1. The summed E-state index contributed by atoms with van der Waals surface area (Å²) in [6.07, 6.45) is -5.74. The molecule has 140 valence electrons. The Kier molecular flexibility index (Phi) is 6.60. The van der Waals surface area contributed by atoms with Crippen LogP contribution in [-0.4, -0.2) is 51.1 Å². The Bertz CT molecular complexity index is 589. The number of carbonyl (C=O) groups excluding carboxylic acids is 1. The van der Waals surface area contributed by atoms with E-state index in [-0.39, 0.29) is 6.54 Å². The highest BCUT2D eigenvalue weighted by Gasteiger charge is 2.29. The maximum Gasteiger partial charge on any atom is 0.411 e. The minimum Gasteiger partial charge on any atom is -0.378 e. The standard InChI is InChI=1S/C16H20F4N2O3/c1-11(25-10-16(18,19)20)15(23)21-9-12-2-3-14(13(17)8-12)22-4-6-24-7-5-22/h2-3,8,11H,4-7,9-10H2,1H3,(H,21,23). The van der Waals surface area contributed by atoms with Crippen LogP contribution in [0, 0.1) is 5.82 Å². The Labute approximate surface area is 142 Å². The van der Waals surface area contributed by atoms with E-state index >= 15 is 0 Å². The molecule has 5 nitrogen and oxygen atoms in total. The van der Waals surface area contributed by atoms with Gasteiger partial charge in [-0.05, 0) is 24.6 Å². The number of nitrogens with one attached hydrogen (secondary N) is 1. The second-order valence-corrected chi connectivity index (χ2v) is 5.67. The molecule has 1 heterocycles. The number of alkyl halides is 3. The lowest BCUT2D eigenvalue weighted by Gasteiger charge is -2.29. The summed E-state index contributed by atoms with van der Waals surface area (Å²) in [6.45, 7) is 1.99. The lowest BCUT2D eigenvalue weighted by Crippen LogP contribution is -2.37. The normalized spacial score (nSPS) is 16.6. The van der Waals surface area contributed by atoms with Crippen molar-refractivity contribution in [3.8, 4) is 0 Å². The molecule has 0 saturated carbocycles. The first-order valence-corrected chi connectivity index (χ1v) is 7.83. The third kappa shape index (κ3) is 6.17. The van der Waals surface area contributed by atoms with Crippen molar-refractivity contribution in [2.45, 2.75) is 25.7 Å². The number of benzene rings is 1. The number of hydrogen-bond donors (Lipinski definition) is 1. The first kappa shape index (κ1) is 19.5. The van der Waals surface area contributed by atoms with Crippen molar-refractivity contribution in [3.63, 3.8) is 0 Å². The van der Waals surface area contributed by atoms with Crippen LogP contribution in [0.1, 0.15) is 12.5 Å². The summed E-state index contributed by atoms with van der Waals surface area (Å²) in [7, 11) is 0. The Morgan fingerprint density at radius 1 is 1.36 bits per heavy atom. The van der Waals surface area contributed by atoms with Crippen molar-refractivity contribution in [1.82, 2.24) is 5.32 Å². The third-order valence-electron chi connectivity index (χ3n) is 3.70. The number of ether oxygens (including phenoxy) is 2. The van der Waals surface area contributed by atoms with Crippen LogP contribution in [0.25, 0.3) is 0 Å². The fourth-order valence-corrected chi connectivity index (χ4v) is 2.35. The van der Waals surface area contributed by atoms with Crippen LogP contribution >= 0.6 is 0 Å². The maximum atomic E-state index is 14.2. The van der Waals surface area contributed by atoms with E-state index in [9.17, 15) is 22.4 Å². The second kappa shape index (κ2) is 8.48. The highest BCUT2D eigenvalue weighted by Crippen LogP contribution is 2.21. The van der Waals surface area contributed by atoms with Crippen LogP contribution in [0.4, 0.5) is 23.2 Å². The number of anilines is 1. The van der Waals surface area contributed by atoms with Crippen LogP contribution < -0.4 is 10.2 Å². The largest absolute Gasteiger partial charge is 0.411 e. The van der Waals surface area contributed by atoms with Crippen LogP contribution in [-0.2, 0) is 20.8 Å². The summed E-state index contributed by atoms with van der Waals surface area (Å²) in [5.74, 6) is -1.11. The van der Waals surface area contributed by atoms with E-state index in [1.165, 1.54) is 13.0 Å². The topological polar surface area (TPSA) is 50.8 Å². The number of amides is 1. The van der Waals surface area contributed by atoms with E-state index in [4.69, 9.17) is 4.74 Å². The molecule has 1 unspecified atom stereocenters. The van der Waals surface area contributed by atoms with Crippen molar-refractivity contribution >= 4 is 11.6 Å². The van der Waals surface area contributed by atoms with Crippen LogP contribution in [0.3, 0.4) is 0 Å². The van der Waals surface area contributed by atoms with Gasteiger partial charge >= 0.3 is 6.18 Å². The summed E-state index contributed by atoms with van der Waals surface area (Å²) in [6, 6.07) is 4.58. The van der Waals surface area contributed by atoms with Gasteiger partial charge in [-0.15, -0.1) is 0 Å². The maximum absolute atomic E-state index is 14.2. The lowest BCUT2D eigenvalue weighted by molar-refractivity contribution is -0.185. The van der Waals surface area contributed by atoms with Crippen LogP contribution in [0.2, 0.25) is 0 Å². The number of halogens is 4. The van der Waals surface area contributed by atoms with Crippen molar-refractivity contribution in [2.24, 2.45) is 0 Å². The predicted molar refractivity (Wildman–Crippen MR) is 82.7 cm³/mol. The van der Waals surface area contributed by atoms with E-state index in [2.05, 4.69) is 10.1 Å². The van der Waals surface area contributed by atoms with Gasteiger partial charge < -0.3 is 19.7 Å². The average molecular weight is 364 g/mol. The number of hydrogen-bond acceptors (Lipinski definition) is 4. The molecular weight excluding hydrogens is 344 g/mol. The first-order chi connectivity index (χ1) is 11.8. The number of rotatable bonds is 6. The van der Waals surface area contributed by atoms with E-state index in [1.807, 2.05) is 4.90 Å². The summed E-state index contributed by atoms with van der Waals surface area (Å²) in [5.41, 5.74) is 0.964. The summed E-state index contributed by atoms with van der Waals surface area (Å²) < 4.78 is 60.1. The number of carbonyl (C=O) groups is 1. The minimum atomic E-state index is -4.49. The molecule has 1 aliphatic heterocycles. The number of nitrogens with zero attached hydrogens (tertiary/aromatic N) is 1. The monoisotopic (exact) mass is 364 g/mol. The molecule has 25 heavy (non-hydrogen) atoms. The van der Waals surface area contributed by atoms with Crippen molar-refractivity contribution < 1.29 is 31.8 Å². The Morgan fingerprint density at radius 3 is 2.64 bits per heavy atom. The molecule has 0 radical (unpaired) electrons. The van der Waals surface area contributed by atoms with E-state index in [0.29, 0.717) is 37.6 Å². The van der Waals surface area contributed by atoms with Gasteiger partial charge in [0.05, 0.1) is 18.9 Å². The summed E-state index contributed by atoms with van der Waals surface area (Å²) >= 11 is 0. The quantitative estimate of drug-likeness (QED) is 0.787. The van der Waals surface area contributed by atoms with E-state index in [1.54, 1.807) is 12.1 Å². The number of morpholine rings is 1. The van der Waals surface area contributed by atoms with Gasteiger partial charge in [0.15, 0.2) is 0 Å². The van der Waals surface area contributed by atoms with Crippen molar-refractivity contribution in [1.29, 1.82) is 0 Å². The molecule has 1 amide bonds. The molecule has 1 aromatic rings. The Hall–Kier alpha value is -1.87. The first-order valence-electron chi connectivity index (χ1n) is 7.83. The van der Waals surface area contributed by atoms with Crippen LogP contribution in [0.15, 0.2) is 18.2 Å². The second-order valence-electron chi connectivity index (χ2n) is 5.67. The Morgan fingerprint density at radius 2 is 2.04 bits per heavy atom. The highest BCUT2D eigenvalue weighted by atomic mass is 19.4. The van der Waals surface area contributed by atoms with Gasteiger partial charge in [-0.2, -0.15) is 13.2 Å². The fraction of sp³-hybridized carbons (Fsp3) is 0.562. The molecule has 2 rings (SSSR count). The van der Waals surface area contributed by atoms with Crippen molar-refractivity contribution in [3.05, 3.63) is 29.6 Å². The van der Waals surface area contributed by atoms with Gasteiger partial charge in [0, 0.05) is 19.6 Å². The van der Waals surface area contributed by atoms with Gasteiger partial charge in [0.1, 0.15) is 18.5 Å². The smallest absolute Gasteiger partial charge is 0.378 e. The van der Waals surface area contributed by atoms with Crippen molar-refractivity contribution in [2.75, 3.05) is 37.8 Å². The molecular formula is C16H20F4N2O3. The molecule has 1 aliphatic rings. The molecule has 1 fully saturated rings. The third-order valence-corrected chi connectivity index (χ3v) is 3.70. The van der Waals surface area contributed by atoms with Gasteiger partial charge in [0.2, 0.25) is 5.91 Å². The molecule has 0 aromatic heterocycles. The molecule has 0 bridgehead atoms. The van der Waals surface area contributed by atoms with Crippen LogP contribution in [0.5, 0.6) is 0 Å². The fourth-order valence-electron chi connectivity index (χ4n) is 2.35. The van der Waals surface area contributed by atoms with Gasteiger partial charge in [-0.25, -0.2) is 4.39 Å². The molecule has 1 aromatic carbocycles. The molecule has 1 atom stereocenters. The minimum absolute atomic E-state index is 0.00113. The molecule has 0 aliphatic carbocycles. The van der Waals surface area contributed by atoms with Gasteiger partial charge in [0.25, 0.3) is 0 Å². The molecule has 0 spiro atoms. The average Bonchev–Trinajstić information content (AvgIpc) is 2.57. The summed E-state index contributed by atoms with van der Waals surface area (Å²) in [5, 5.41) is 2.43. The summed E-state index contributed by atoms with van der Waals surface area (Å²) in [4.78, 5) is 13.6.